The molecule has 1 unspecified atom stereocenters. The van der Waals surface area contributed by atoms with Crippen LogP contribution in [0.1, 0.15) is 24.6 Å². The summed E-state index contributed by atoms with van der Waals surface area (Å²) in [7, 11) is 3.29. The van der Waals surface area contributed by atoms with Crippen molar-refractivity contribution in [1.82, 2.24) is 10.3 Å². The molecule has 0 aromatic carbocycles. The molecule has 0 saturated carbocycles. The van der Waals surface area contributed by atoms with Gasteiger partial charge in [-0.3, -0.25) is 4.98 Å². The highest BCUT2D eigenvalue weighted by molar-refractivity contribution is 5.44. The Balaban J connectivity index is 2.36. The van der Waals surface area contributed by atoms with Gasteiger partial charge in [0.25, 0.3) is 0 Å². The van der Waals surface area contributed by atoms with Crippen LogP contribution in [0.25, 0.3) is 0 Å². The van der Waals surface area contributed by atoms with Gasteiger partial charge in [-0.25, -0.2) is 0 Å². The van der Waals surface area contributed by atoms with Crippen LogP contribution in [0.4, 0.5) is 0 Å². The lowest BCUT2D eigenvalue weighted by Gasteiger charge is -2.15. The zero-order valence-corrected chi connectivity index (χ0v) is 9.12. The molecular weight excluding hydrogens is 192 g/mol. The van der Waals surface area contributed by atoms with E-state index < -0.39 is 0 Å². The fraction of sp³-hybridized carbons (Fsp3) is 0.545. The third kappa shape index (κ3) is 1.90. The third-order valence-electron chi connectivity index (χ3n) is 2.71. The Hall–Kier alpha value is -1.29. The molecule has 1 atom stereocenters. The van der Waals surface area contributed by atoms with Crippen LogP contribution in [0.15, 0.2) is 12.3 Å². The molecule has 4 heteroatoms. The van der Waals surface area contributed by atoms with Gasteiger partial charge in [0.15, 0.2) is 11.5 Å². The van der Waals surface area contributed by atoms with Crippen LogP contribution in [0.3, 0.4) is 0 Å². The summed E-state index contributed by atoms with van der Waals surface area (Å²) >= 11 is 0. The van der Waals surface area contributed by atoms with Crippen LogP contribution in [0.2, 0.25) is 0 Å². The predicted octanol–water partition coefficient (Wildman–Crippen LogP) is 1.52. The van der Waals surface area contributed by atoms with Crippen LogP contribution in [0, 0.1) is 0 Å². The predicted molar refractivity (Wildman–Crippen MR) is 57.3 cm³/mol. The Morgan fingerprint density at radius 2 is 2.27 bits per heavy atom. The fourth-order valence-corrected chi connectivity index (χ4v) is 1.98. The quantitative estimate of drug-likeness (QED) is 0.818. The van der Waals surface area contributed by atoms with Crippen molar-refractivity contribution in [3.8, 4) is 11.5 Å². The largest absolute Gasteiger partial charge is 0.493 e. The molecule has 1 aliphatic heterocycles. The average molecular weight is 208 g/mol. The molecule has 1 N–H and O–H groups in total. The SMILES string of the molecule is COc1ccnc(C2CCCN2)c1OC. The normalized spacial score (nSPS) is 20.3. The third-order valence-corrected chi connectivity index (χ3v) is 2.71. The Bertz CT molecular complexity index is 335. The van der Waals surface area contributed by atoms with Gasteiger partial charge in [0.1, 0.15) is 5.69 Å². The first-order valence-corrected chi connectivity index (χ1v) is 5.17. The summed E-state index contributed by atoms with van der Waals surface area (Å²) in [4.78, 5) is 4.37. The maximum Gasteiger partial charge on any atom is 0.183 e. The maximum absolute atomic E-state index is 5.35. The second-order valence-corrected chi connectivity index (χ2v) is 3.58. The highest BCUT2D eigenvalue weighted by Crippen LogP contribution is 2.35. The molecule has 0 bridgehead atoms. The van der Waals surface area contributed by atoms with Crippen LogP contribution >= 0.6 is 0 Å². The Labute approximate surface area is 89.6 Å². The van der Waals surface area contributed by atoms with Crippen molar-refractivity contribution in [2.24, 2.45) is 0 Å². The second-order valence-electron chi connectivity index (χ2n) is 3.58. The first-order chi connectivity index (χ1) is 7.36. The number of nitrogens with zero attached hydrogens (tertiary/aromatic N) is 1. The number of hydrogen-bond acceptors (Lipinski definition) is 4. The summed E-state index contributed by atoms with van der Waals surface area (Å²) in [6, 6.07) is 2.12. The van der Waals surface area contributed by atoms with E-state index in [4.69, 9.17) is 9.47 Å². The molecule has 2 rings (SSSR count). The molecule has 82 valence electrons. The number of ether oxygens (including phenoxy) is 2. The number of methoxy groups -OCH3 is 2. The molecule has 1 aromatic rings. The Morgan fingerprint density at radius 1 is 1.40 bits per heavy atom. The van der Waals surface area contributed by atoms with E-state index in [1.807, 2.05) is 6.07 Å². The van der Waals surface area contributed by atoms with Gasteiger partial charge in [-0.1, -0.05) is 0 Å². The Morgan fingerprint density at radius 3 is 2.87 bits per heavy atom. The first kappa shape index (κ1) is 10.2. The van der Waals surface area contributed by atoms with Crippen molar-refractivity contribution in [2.75, 3.05) is 20.8 Å². The minimum atomic E-state index is 0.301. The van der Waals surface area contributed by atoms with E-state index in [2.05, 4.69) is 10.3 Å². The lowest BCUT2D eigenvalue weighted by atomic mass is 10.1. The number of pyridine rings is 1. The summed E-state index contributed by atoms with van der Waals surface area (Å²) in [5.74, 6) is 1.50. The van der Waals surface area contributed by atoms with Gasteiger partial charge >= 0.3 is 0 Å². The zero-order valence-electron chi connectivity index (χ0n) is 9.12. The van der Waals surface area contributed by atoms with E-state index >= 15 is 0 Å². The van der Waals surface area contributed by atoms with Crippen LogP contribution in [-0.4, -0.2) is 25.7 Å². The summed E-state index contributed by atoms with van der Waals surface area (Å²) in [6.45, 7) is 1.05. The molecule has 1 aromatic heterocycles. The number of rotatable bonds is 3. The van der Waals surface area contributed by atoms with Crippen LogP contribution in [-0.2, 0) is 0 Å². The van der Waals surface area contributed by atoms with E-state index in [0.29, 0.717) is 6.04 Å². The van der Waals surface area contributed by atoms with E-state index in [1.54, 1.807) is 20.4 Å². The summed E-state index contributed by atoms with van der Waals surface area (Å²) in [6.07, 6.45) is 4.06. The molecule has 1 aliphatic rings. The molecule has 4 nitrogen and oxygen atoms in total. The average Bonchev–Trinajstić information content (AvgIpc) is 2.81. The molecule has 0 spiro atoms. The van der Waals surface area contributed by atoms with Gasteiger partial charge in [-0.2, -0.15) is 0 Å². The second kappa shape index (κ2) is 4.49. The lowest BCUT2D eigenvalue weighted by molar-refractivity contribution is 0.345. The van der Waals surface area contributed by atoms with Crippen molar-refractivity contribution < 1.29 is 9.47 Å². The van der Waals surface area contributed by atoms with Gasteiger partial charge < -0.3 is 14.8 Å². The summed E-state index contributed by atoms with van der Waals surface area (Å²) in [5.41, 5.74) is 0.953. The first-order valence-electron chi connectivity index (χ1n) is 5.17. The van der Waals surface area contributed by atoms with Crippen LogP contribution < -0.4 is 14.8 Å². The molecule has 2 heterocycles. The molecule has 0 amide bonds. The van der Waals surface area contributed by atoms with Crippen molar-refractivity contribution in [1.29, 1.82) is 0 Å². The van der Waals surface area contributed by atoms with E-state index in [9.17, 15) is 0 Å². The minimum absolute atomic E-state index is 0.301. The number of hydrogen-bond donors (Lipinski definition) is 1. The van der Waals surface area contributed by atoms with Crippen molar-refractivity contribution in [3.63, 3.8) is 0 Å². The van der Waals surface area contributed by atoms with Crippen molar-refractivity contribution >= 4 is 0 Å². The molecular formula is C11H16N2O2. The van der Waals surface area contributed by atoms with Gasteiger partial charge in [-0.05, 0) is 19.4 Å². The topological polar surface area (TPSA) is 43.4 Å². The summed E-state index contributed by atoms with van der Waals surface area (Å²) < 4.78 is 10.6. The van der Waals surface area contributed by atoms with E-state index in [0.717, 1.165) is 30.2 Å². The molecule has 0 aliphatic carbocycles. The minimum Gasteiger partial charge on any atom is -0.493 e. The molecule has 15 heavy (non-hydrogen) atoms. The van der Waals surface area contributed by atoms with Gasteiger partial charge in [-0.15, -0.1) is 0 Å². The Kier molecular flexibility index (Phi) is 3.06. The zero-order chi connectivity index (χ0) is 10.7. The smallest absolute Gasteiger partial charge is 0.183 e. The highest BCUT2D eigenvalue weighted by atomic mass is 16.5. The molecule has 1 saturated heterocycles. The van der Waals surface area contributed by atoms with Crippen molar-refractivity contribution in [3.05, 3.63) is 18.0 Å². The molecule has 0 radical (unpaired) electrons. The van der Waals surface area contributed by atoms with Gasteiger partial charge in [0, 0.05) is 12.3 Å². The fourth-order valence-electron chi connectivity index (χ4n) is 1.98. The van der Waals surface area contributed by atoms with Crippen molar-refractivity contribution in [2.45, 2.75) is 18.9 Å². The number of aromatic nitrogens is 1. The standard InChI is InChI=1S/C11H16N2O2/c1-14-9-5-7-13-10(11(9)15-2)8-4-3-6-12-8/h5,7-8,12H,3-4,6H2,1-2H3. The summed E-state index contributed by atoms with van der Waals surface area (Å²) in [5, 5.41) is 3.40. The van der Waals surface area contributed by atoms with Gasteiger partial charge in [0.2, 0.25) is 0 Å². The number of nitrogens with one attached hydrogen (secondary N) is 1. The van der Waals surface area contributed by atoms with E-state index in [-0.39, 0.29) is 0 Å². The lowest BCUT2D eigenvalue weighted by Crippen LogP contribution is -2.15. The monoisotopic (exact) mass is 208 g/mol. The molecule has 1 fully saturated rings. The maximum atomic E-state index is 5.35. The van der Waals surface area contributed by atoms with Gasteiger partial charge in [0.05, 0.1) is 20.3 Å². The van der Waals surface area contributed by atoms with E-state index in [1.165, 1.54) is 6.42 Å². The highest BCUT2D eigenvalue weighted by Gasteiger charge is 2.23. The van der Waals surface area contributed by atoms with Crippen LogP contribution in [0.5, 0.6) is 11.5 Å².